The lowest BCUT2D eigenvalue weighted by molar-refractivity contribution is -0.268. The highest BCUT2D eigenvalue weighted by atomic mass is 32.2. The van der Waals surface area contributed by atoms with Crippen molar-refractivity contribution in [1.29, 1.82) is 0 Å². The molecular formula is C43H40N4O5S. The molecule has 9 nitrogen and oxygen atoms in total. The van der Waals surface area contributed by atoms with Crippen molar-refractivity contribution >= 4 is 23.5 Å². The number of rotatable bonds is 12. The number of amides is 2. The van der Waals surface area contributed by atoms with Crippen LogP contribution in [0.15, 0.2) is 151 Å². The van der Waals surface area contributed by atoms with Gasteiger partial charge in [0.1, 0.15) is 11.5 Å². The van der Waals surface area contributed by atoms with Crippen LogP contribution in [0.2, 0.25) is 0 Å². The molecule has 3 N–H and O–H groups in total. The number of aliphatic hydroxyl groups is 1. The molecule has 0 aliphatic carbocycles. The molecule has 0 unspecified atom stereocenters. The highest BCUT2D eigenvalue weighted by Gasteiger charge is 2.38. The van der Waals surface area contributed by atoms with Crippen molar-refractivity contribution in [3.63, 3.8) is 0 Å². The molecule has 0 radical (unpaired) electrons. The molecule has 2 amide bonds. The van der Waals surface area contributed by atoms with Gasteiger partial charge in [-0.15, -0.1) is 0 Å². The molecule has 4 atom stereocenters. The summed E-state index contributed by atoms with van der Waals surface area (Å²) in [5.74, 6) is 2.14. The molecule has 0 bridgehead atoms. The molecule has 0 saturated carbocycles. The van der Waals surface area contributed by atoms with Gasteiger partial charge in [0.05, 0.1) is 18.8 Å². The van der Waals surface area contributed by atoms with Gasteiger partial charge < -0.3 is 30.0 Å². The van der Waals surface area contributed by atoms with E-state index in [1.807, 2.05) is 109 Å². The van der Waals surface area contributed by atoms with E-state index in [2.05, 4.69) is 45.7 Å². The van der Waals surface area contributed by atoms with Crippen LogP contribution < -0.4 is 15.4 Å². The number of nitrogens with zero attached hydrogens (tertiary/aromatic N) is 2. The Morgan fingerprint density at radius 3 is 2.19 bits per heavy atom. The molecule has 0 spiro atoms. The zero-order chi connectivity index (χ0) is 36.4. The van der Waals surface area contributed by atoms with Gasteiger partial charge in [-0.1, -0.05) is 110 Å². The van der Waals surface area contributed by atoms with Crippen LogP contribution in [0, 0.1) is 5.92 Å². The van der Waals surface area contributed by atoms with Crippen molar-refractivity contribution in [2.24, 2.45) is 5.92 Å². The minimum atomic E-state index is -0.593. The first-order chi connectivity index (χ1) is 26.0. The Morgan fingerprint density at radius 1 is 0.774 bits per heavy atom. The van der Waals surface area contributed by atoms with Crippen LogP contribution in [0.1, 0.15) is 41.6 Å². The van der Waals surface area contributed by atoms with Gasteiger partial charge in [-0.25, -0.2) is 14.8 Å². The topological polar surface area (TPSA) is 115 Å². The predicted molar refractivity (Wildman–Crippen MR) is 206 cm³/mol. The fourth-order valence-electron chi connectivity index (χ4n) is 6.18. The van der Waals surface area contributed by atoms with Gasteiger partial charge in [-0.2, -0.15) is 0 Å². The molecule has 1 aromatic heterocycles. The highest BCUT2D eigenvalue weighted by molar-refractivity contribution is 7.99. The second-order valence-corrected chi connectivity index (χ2v) is 13.7. The average molecular weight is 725 g/mol. The molecule has 1 fully saturated rings. The normalized spacial score (nSPS) is 18.2. The Morgan fingerprint density at radius 2 is 1.45 bits per heavy atom. The zero-order valence-corrected chi connectivity index (χ0v) is 30.0. The van der Waals surface area contributed by atoms with Crippen LogP contribution >= 0.6 is 11.8 Å². The van der Waals surface area contributed by atoms with E-state index in [9.17, 15) is 9.90 Å². The van der Waals surface area contributed by atoms with E-state index in [-0.39, 0.29) is 30.8 Å². The van der Waals surface area contributed by atoms with E-state index in [4.69, 9.17) is 14.2 Å². The first kappa shape index (κ1) is 35.9. The van der Waals surface area contributed by atoms with Crippen molar-refractivity contribution in [3.8, 4) is 22.6 Å². The average Bonchev–Trinajstić information content (AvgIpc) is 3.21. The monoisotopic (exact) mass is 724 g/mol. The third-order valence-electron chi connectivity index (χ3n) is 9.08. The van der Waals surface area contributed by atoms with Crippen molar-refractivity contribution in [1.82, 2.24) is 15.3 Å². The van der Waals surface area contributed by atoms with Crippen LogP contribution in [0.3, 0.4) is 0 Å². The van der Waals surface area contributed by atoms with E-state index in [0.717, 1.165) is 39.1 Å². The van der Waals surface area contributed by atoms with Gasteiger partial charge in [0.15, 0.2) is 11.4 Å². The number of hydrogen-bond acceptors (Lipinski definition) is 8. The number of nitrogens with one attached hydrogen (secondary N) is 2. The first-order valence-corrected chi connectivity index (χ1v) is 18.5. The lowest BCUT2D eigenvalue weighted by Crippen LogP contribution is -2.38. The molecule has 1 aliphatic heterocycles. The fraction of sp³-hybridized carbons (Fsp3) is 0.186. The molecule has 10 heteroatoms. The molecule has 7 rings (SSSR count). The Bertz CT molecular complexity index is 2070. The molecule has 53 heavy (non-hydrogen) atoms. The van der Waals surface area contributed by atoms with E-state index in [1.54, 1.807) is 30.2 Å². The number of urea groups is 1. The summed E-state index contributed by atoms with van der Waals surface area (Å²) < 4.78 is 19.1. The Hall–Kier alpha value is -5.52. The van der Waals surface area contributed by atoms with Crippen LogP contribution in [-0.2, 0) is 22.6 Å². The number of ether oxygens (including phenoxy) is 3. The van der Waals surface area contributed by atoms with E-state index >= 15 is 0 Å². The summed E-state index contributed by atoms with van der Waals surface area (Å²) in [5, 5.41) is 16.2. The Balaban J connectivity index is 1.01. The highest BCUT2D eigenvalue weighted by Crippen LogP contribution is 2.43. The maximum absolute atomic E-state index is 12.9. The Labute approximate surface area is 313 Å². The SMILES string of the molecule is C[C@@H]1[C@H](CSc2ncccn2)O[C@H](c2ccc(-c3ccccc3CNC(=O)Nc3ccc(Oc4ccccc4)cc3)cc2)O[C@@H]1c1ccc(CO)cc1. The van der Waals surface area contributed by atoms with E-state index in [0.29, 0.717) is 28.9 Å². The van der Waals surface area contributed by atoms with Gasteiger partial charge in [0, 0.05) is 41.9 Å². The number of aliphatic hydroxyl groups excluding tert-OH is 1. The predicted octanol–water partition coefficient (Wildman–Crippen LogP) is 9.33. The van der Waals surface area contributed by atoms with Crippen molar-refractivity contribution in [2.75, 3.05) is 11.1 Å². The van der Waals surface area contributed by atoms with Crippen molar-refractivity contribution in [3.05, 3.63) is 168 Å². The van der Waals surface area contributed by atoms with Gasteiger partial charge >= 0.3 is 6.03 Å². The second-order valence-electron chi connectivity index (χ2n) is 12.7. The van der Waals surface area contributed by atoms with Crippen LogP contribution in [0.5, 0.6) is 11.5 Å². The molecule has 268 valence electrons. The third kappa shape index (κ3) is 9.29. The van der Waals surface area contributed by atoms with Gasteiger partial charge in [-0.05, 0) is 70.3 Å². The summed E-state index contributed by atoms with van der Waals surface area (Å²) in [5.41, 5.74) is 6.45. The maximum atomic E-state index is 12.9. The minimum Gasteiger partial charge on any atom is -0.457 e. The zero-order valence-electron chi connectivity index (χ0n) is 29.2. The van der Waals surface area contributed by atoms with Crippen molar-refractivity contribution in [2.45, 2.75) is 43.7 Å². The largest absolute Gasteiger partial charge is 0.457 e. The number of para-hydroxylation sites is 1. The molecule has 5 aromatic carbocycles. The van der Waals surface area contributed by atoms with Crippen molar-refractivity contribution < 1.29 is 24.1 Å². The van der Waals surface area contributed by atoms with E-state index in [1.165, 1.54) is 0 Å². The Kier molecular flexibility index (Phi) is 11.7. The second kappa shape index (κ2) is 17.3. The number of hydrogen-bond donors (Lipinski definition) is 3. The molecule has 1 aliphatic rings. The number of anilines is 1. The lowest BCUT2D eigenvalue weighted by Gasteiger charge is -2.41. The van der Waals surface area contributed by atoms with Crippen LogP contribution in [-0.4, -0.2) is 33.0 Å². The first-order valence-electron chi connectivity index (χ1n) is 17.5. The van der Waals surface area contributed by atoms with Gasteiger partial charge in [0.25, 0.3) is 0 Å². The van der Waals surface area contributed by atoms with Gasteiger partial charge in [0.2, 0.25) is 0 Å². The summed E-state index contributed by atoms with van der Waals surface area (Å²) in [6, 6.07) is 42.4. The fourth-order valence-corrected chi connectivity index (χ4v) is 7.15. The van der Waals surface area contributed by atoms with Crippen LogP contribution in [0.4, 0.5) is 10.5 Å². The maximum Gasteiger partial charge on any atom is 0.319 e. The van der Waals surface area contributed by atoms with Crippen LogP contribution in [0.25, 0.3) is 11.1 Å². The van der Waals surface area contributed by atoms with E-state index < -0.39 is 6.29 Å². The lowest BCUT2D eigenvalue weighted by atomic mass is 9.91. The smallest absolute Gasteiger partial charge is 0.319 e. The number of carbonyl (C=O) groups excluding carboxylic acids is 1. The summed E-state index contributed by atoms with van der Waals surface area (Å²) in [6.45, 7) is 2.47. The standard InChI is InChI=1S/C43H40N4O5S/c1-29-39(28-53-43-44-24-7-25-45-43)51-41(52-40(29)32-14-12-30(27-48)13-15-32)33-18-16-31(17-19-33)38-11-6-5-8-34(38)26-46-42(49)47-35-20-22-37(23-21-35)50-36-9-3-2-4-10-36/h2-25,29,39-41,48H,26-28H2,1H3,(H2,46,47,49)/t29-,39+,40+,41+/m1/s1. The number of benzene rings is 5. The number of thioether (sulfide) groups is 1. The summed E-state index contributed by atoms with van der Waals surface area (Å²) in [4.78, 5) is 21.6. The summed E-state index contributed by atoms with van der Waals surface area (Å²) in [6.07, 6.45) is 2.53. The summed E-state index contributed by atoms with van der Waals surface area (Å²) >= 11 is 1.56. The third-order valence-corrected chi connectivity index (χ3v) is 10.0. The summed E-state index contributed by atoms with van der Waals surface area (Å²) in [7, 11) is 0. The molecule has 2 heterocycles. The number of carbonyl (C=O) groups is 1. The number of aromatic nitrogens is 2. The minimum absolute atomic E-state index is 0.0113. The quantitative estimate of drug-likeness (QED) is 0.0845. The molecule has 1 saturated heterocycles. The van der Waals surface area contributed by atoms with Gasteiger partial charge in [-0.3, -0.25) is 0 Å². The molecular weight excluding hydrogens is 685 g/mol. The molecule has 6 aromatic rings.